The van der Waals surface area contributed by atoms with Crippen molar-refractivity contribution in [3.63, 3.8) is 0 Å². The van der Waals surface area contributed by atoms with Crippen LogP contribution in [-0.4, -0.2) is 41.4 Å². The fraction of sp³-hybridized carbons (Fsp3) is 0.294. The first-order chi connectivity index (χ1) is 12.5. The van der Waals surface area contributed by atoms with E-state index in [1.54, 1.807) is 33.5 Å². The van der Waals surface area contributed by atoms with Crippen molar-refractivity contribution in [1.29, 1.82) is 0 Å². The Morgan fingerprint density at radius 1 is 0.808 bits per heavy atom. The smallest absolute Gasteiger partial charge is 0.270 e. The molecule has 0 aliphatic rings. The van der Waals surface area contributed by atoms with Crippen LogP contribution in [-0.2, 0) is 0 Å². The molecule has 1 N–H and O–H groups in total. The number of nitrogens with one attached hydrogen (secondary N) is 1. The Balaban J connectivity index is 1.92. The second-order valence-electron chi connectivity index (χ2n) is 5.44. The molecular weight excluding hydrogens is 338 g/mol. The molecule has 3 rings (SSSR count). The number of rotatable bonds is 6. The van der Waals surface area contributed by atoms with E-state index in [1.165, 1.54) is 0 Å². The summed E-state index contributed by atoms with van der Waals surface area (Å²) in [4.78, 5) is 12.9. The highest BCUT2D eigenvalue weighted by molar-refractivity contribution is 5.66. The summed E-state index contributed by atoms with van der Waals surface area (Å²) in [5.41, 5.74) is 2.31. The SMILES string of the molecule is COc1cc(-c2nc(Nc3nc(C)cc(C)n3)no2)cc(OC)c1OC. The quantitative estimate of drug-likeness (QED) is 0.713. The van der Waals surface area contributed by atoms with Gasteiger partial charge in [0.1, 0.15) is 0 Å². The van der Waals surface area contributed by atoms with Crippen molar-refractivity contribution < 1.29 is 18.7 Å². The molecule has 0 spiro atoms. The molecular formula is C17H19N5O4. The van der Waals surface area contributed by atoms with Crippen molar-refractivity contribution >= 4 is 11.9 Å². The molecule has 9 heteroatoms. The number of methoxy groups -OCH3 is 3. The summed E-state index contributed by atoms with van der Waals surface area (Å²) in [6.45, 7) is 3.77. The van der Waals surface area contributed by atoms with Gasteiger partial charge in [0.05, 0.1) is 21.3 Å². The Hall–Kier alpha value is -3.36. The van der Waals surface area contributed by atoms with Crippen LogP contribution in [0.4, 0.5) is 11.9 Å². The standard InChI is InChI=1S/C17H19N5O4/c1-9-6-10(2)19-16(18-9)21-17-20-15(26-22-17)11-7-12(23-3)14(25-5)13(8-11)24-4/h6-8H,1-5H3,(H,18,19,21,22). The molecule has 1 aromatic carbocycles. The molecule has 0 amide bonds. The van der Waals surface area contributed by atoms with E-state index in [0.29, 0.717) is 28.8 Å². The van der Waals surface area contributed by atoms with Gasteiger partial charge < -0.3 is 18.7 Å². The molecule has 9 nitrogen and oxygen atoms in total. The zero-order valence-corrected chi connectivity index (χ0v) is 15.2. The Bertz CT molecular complexity index is 880. The number of aromatic nitrogens is 4. The van der Waals surface area contributed by atoms with E-state index in [2.05, 4.69) is 25.4 Å². The molecule has 136 valence electrons. The molecule has 0 aliphatic carbocycles. The molecule has 0 atom stereocenters. The normalized spacial score (nSPS) is 10.5. The van der Waals surface area contributed by atoms with Crippen LogP contribution in [0.25, 0.3) is 11.5 Å². The van der Waals surface area contributed by atoms with Crippen molar-refractivity contribution in [3.05, 3.63) is 29.6 Å². The summed E-state index contributed by atoms with van der Waals surface area (Å²) in [5, 5.41) is 6.84. The van der Waals surface area contributed by atoms with Gasteiger partial charge >= 0.3 is 0 Å². The van der Waals surface area contributed by atoms with Gasteiger partial charge in [0.2, 0.25) is 11.7 Å². The second kappa shape index (κ2) is 7.26. The molecule has 0 aliphatic heterocycles. The number of benzene rings is 1. The summed E-state index contributed by atoms with van der Waals surface area (Å²) in [6.07, 6.45) is 0. The van der Waals surface area contributed by atoms with Gasteiger partial charge in [-0.25, -0.2) is 9.97 Å². The molecule has 26 heavy (non-hydrogen) atoms. The van der Waals surface area contributed by atoms with Gasteiger partial charge in [-0.05, 0) is 37.2 Å². The van der Waals surface area contributed by atoms with E-state index < -0.39 is 0 Å². The van der Waals surface area contributed by atoms with Gasteiger partial charge in [-0.1, -0.05) is 0 Å². The van der Waals surface area contributed by atoms with Crippen molar-refractivity contribution in [2.24, 2.45) is 0 Å². The lowest BCUT2D eigenvalue weighted by atomic mass is 10.2. The lowest BCUT2D eigenvalue weighted by Gasteiger charge is -2.12. The maximum atomic E-state index is 5.34. The van der Waals surface area contributed by atoms with E-state index in [1.807, 2.05) is 19.9 Å². The van der Waals surface area contributed by atoms with Crippen LogP contribution in [0.3, 0.4) is 0 Å². The largest absolute Gasteiger partial charge is 0.493 e. The number of anilines is 2. The van der Waals surface area contributed by atoms with Crippen molar-refractivity contribution in [3.8, 4) is 28.7 Å². The lowest BCUT2D eigenvalue weighted by Crippen LogP contribution is -2.01. The summed E-state index contributed by atoms with van der Waals surface area (Å²) in [7, 11) is 4.62. The predicted molar refractivity (Wildman–Crippen MR) is 94.2 cm³/mol. The minimum Gasteiger partial charge on any atom is -0.493 e. The van der Waals surface area contributed by atoms with Crippen LogP contribution in [0.15, 0.2) is 22.7 Å². The maximum Gasteiger partial charge on any atom is 0.270 e. The number of hydrogen-bond acceptors (Lipinski definition) is 9. The summed E-state index contributed by atoms with van der Waals surface area (Å²) in [5.74, 6) is 2.41. The molecule has 0 unspecified atom stereocenters. The first-order valence-corrected chi connectivity index (χ1v) is 7.77. The Morgan fingerprint density at radius 3 is 1.96 bits per heavy atom. The number of aryl methyl sites for hydroxylation is 2. The van der Waals surface area contributed by atoms with E-state index in [4.69, 9.17) is 18.7 Å². The van der Waals surface area contributed by atoms with Crippen LogP contribution in [0, 0.1) is 13.8 Å². The number of nitrogens with zero attached hydrogens (tertiary/aromatic N) is 4. The average Bonchev–Trinajstić information content (AvgIpc) is 3.07. The van der Waals surface area contributed by atoms with Crippen LogP contribution in [0.1, 0.15) is 11.4 Å². The third-order valence-electron chi connectivity index (χ3n) is 3.54. The average molecular weight is 357 g/mol. The third-order valence-corrected chi connectivity index (χ3v) is 3.54. The monoisotopic (exact) mass is 357 g/mol. The van der Waals surface area contributed by atoms with E-state index in [-0.39, 0.29) is 11.8 Å². The minimum atomic E-state index is 0.249. The number of ether oxygens (including phenoxy) is 3. The number of hydrogen-bond donors (Lipinski definition) is 1. The molecule has 2 heterocycles. The molecule has 0 saturated heterocycles. The van der Waals surface area contributed by atoms with Gasteiger partial charge in [0.15, 0.2) is 11.5 Å². The van der Waals surface area contributed by atoms with Crippen LogP contribution < -0.4 is 19.5 Å². The van der Waals surface area contributed by atoms with Crippen LogP contribution in [0.5, 0.6) is 17.2 Å². The van der Waals surface area contributed by atoms with Crippen molar-refractivity contribution in [2.45, 2.75) is 13.8 Å². The van der Waals surface area contributed by atoms with Crippen molar-refractivity contribution in [2.75, 3.05) is 26.6 Å². The molecule has 0 fully saturated rings. The summed E-state index contributed by atoms with van der Waals surface area (Å²) < 4.78 is 21.3. The van der Waals surface area contributed by atoms with E-state index in [0.717, 1.165) is 11.4 Å². The molecule has 0 bridgehead atoms. The van der Waals surface area contributed by atoms with E-state index in [9.17, 15) is 0 Å². The Morgan fingerprint density at radius 2 is 1.42 bits per heavy atom. The second-order valence-corrected chi connectivity index (χ2v) is 5.44. The third kappa shape index (κ3) is 3.51. The topological polar surface area (TPSA) is 104 Å². The van der Waals surface area contributed by atoms with Gasteiger partial charge in [0, 0.05) is 17.0 Å². The first-order valence-electron chi connectivity index (χ1n) is 7.77. The molecule has 0 saturated carbocycles. The van der Waals surface area contributed by atoms with Crippen LogP contribution >= 0.6 is 0 Å². The highest BCUT2D eigenvalue weighted by Crippen LogP contribution is 2.40. The van der Waals surface area contributed by atoms with Crippen molar-refractivity contribution in [1.82, 2.24) is 20.1 Å². The van der Waals surface area contributed by atoms with Crippen LogP contribution in [0.2, 0.25) is 0 Å². The highest BCUT2D eigenvalue weighted by Gasteiger charge is 2.18. The Labute approximate surface area is 150 Å². The Kier molecular flexibility index (Phi) is 4.87. The summed E-state index contributed by atoms with van der Waals surface area (Å²) in [6, 6.07) is 5.33. The minimum absolute atomic E-state index is 0.249. The van der Waals surface area contributed by atoms with Gasteiger partial charge in [-0.3, -0.25) is 5.32 Å². The predicted octanol–water partition coefficient (Wildman–Crippen LogP) is 2.91. The zero-order chi connectivity index (χ0) is 18.7. The highest BCUT2D eigenvalue weighted by atomic mass is 16.5. The summed E-state index contributed by atoms with van der Waals surface area (Å²) >= 11 is 0. The maximum absolute atomic E-state index is 5.34. The lowest BCUT2D eigenvalue weighted by molar-refractivity contribution is 0.324. The zero-order valence-electron chi connectivity index (χ0n) is 15.2. The van der Waals surface area contributed by atoms with E-state index >= 15 is 0 Å². The van der Waals surface area contributed by atoms with Gasteiger partial charge in [-0.15, -0.1) is 0 Å². The first kappa shape index (κ1) is 17.5. The van der Waals surface area contributed by atoms with Gasteiger partial charge in [-0.2, -0.15) is 4.98 Å². The van der Waals surface area contributed by atoms with Gasteiger partial charge in [0.25, 0.3) is 11.8 Å². The fourth-order valence-electron chi connectivity index (χ4n) is 2.48. The molecule has 3 aromatic rings. The molecule has 0 radical (unpaired) electrons. The fourth-order valence-corrected chi connectivity index (χ4v) is 2.48. The molecule has 2 aromatic heterocycles.